The SMILES string of the molecule is CN(C)/C=N/c1nc(N)nc2c1ncn2CC(O)C[N+](C)(C)C. The van der Waals surface area contributed by atoms with Crippen molar-refractivity contribution in [2.45, 2.75) is 12.6 Å². The molecule has 0 aliphatic carbocycles. The van der Waals surface area contributed by atoms with Gasteiger partial charge in [-0.3, -0.25) is 0 Å². The third-order valence-corrected chi connectivity index (χ3v) is 3.04. The minimum Gasteiger partial charge on any atom is -0.385 e. The average molecular weight is 321 g/mol. The van der Waals surface area contributed by atoms with Crippen LogP contribution in [0.5, 0.6) is 0 Å². The maximum Gasteiger partial charge on any atom is 0.224 e. The molecule has 9 heteroatoms. The van der Waals surface area contributed by atoms with Crippen molar-refractivity contribution in [3.63, 3.8) is 0 Å². The van der Waals surface area contributed by atoms with E-state index in [1.807, 2.05) is 35.2 Å². The van der Waals surface area contributed by atoms with Gasteiger partial charge in [0.15, 0.2) is 17.0 Å². The number of imidazole rings is 1. The van der Waals surface area contributed by atoms with E-state index in [-0.39, 0.29) is 5.95 Å². The summed E-state index contributed by atoms with van der Waals surface area (Å²) in [5.41, 5.74) is 6.91. The maximum absolute atomic E-state index is 10.3. The van der Waals surface area contributed by atoms with E-state index in [1.165, 1.54) is 0 Å². The lowest BCUT2D eigenvalue weighted by molar-refractivity contribution is -0.873. The van der Waals surface area contributed by atoms with Crippen molar-refractivity contribution in [3.8, 4) is 0 Å². The van der Waals surface area contributed by atoms with Gasteiger partial charge in [-0.15, -0.1) is 0 Å². The number of fused-ring (bicyclic) bond motifs is 1. The van der Waals surface area contributed by atoms with Crippen LogP contribution in [0.4, 0.5) is 11.8 Å². The van der Waals surface area contributed by atoms with Gasteiger partial charge in [-0.05, 0) is 0 Å². The quantitative estimate of drug-likeness (QED) is 0.430. The van der Waals surface area contributed by atoms with Gasteiger partial charge in [0, 0.05) is 14.1 Å². The van der Waals surface area contributed by atoms with Crippen molar-refractivity contribution in [3.05, 3.63) is 6.33 Å². The minimum absolute atomic E-state index is 0.131. The Kier molecular flexibility index (Phi) is 4.81. The van der Waals surface area contributed by atoms with Crippen LogP contribution in [0, 0.1) is 0 Å². The zero-order valence-corrected chi connectivity index (χ0v) is 14.3. The molecule has 3 N–H and O–H groups in total. The highest BCUT2D eigenvalue weighted by Crippen LogP contribution is 2.22. The van der Waals surface area contributed by atoms with Crippen LogP contribution in [-0.4, -0.2) is 88.2 Å². The molecule has 0 fully saturated rings. The summed E-state index contributed by atoms with van der Waals surface area (Å²) in [6.45, 7) is 1.01. The Labute approximate surface area is 135 Å². The second-order valence-electron chi connectivity index (χ2n) is 6.81. The molecule has 2 aromatic rings. The number of hydrogen-bond acceptors (Lipinski definition) is 6. The largest absolute Gasteiger partial charge is 0.385 e. The highest BCUT2D eigenvalue weighted by atomic mass is 16.3. The van der Waals surface area contributed by atoms with Crippen LogP contribution in [0.3, 0.4) is 0 Å². The molecular formula is C14H25N8O+. The molecule has 0 aromatic carbocycles. The number of hydrogen-bond donors (Lipinski definition) is 2. The van der Waals surface area contributed by atoms with Gasteiger partial charge in [0.1, 0.15) is 12.6 Å². The predicted molar refractivity (Wildman–Crippen MR) is 90.5 cm³/mol. The number of aliphatic hydroxyl groups is 1. The van der Waals surface area contributed by atoms with E-state index in [2.05, 4.69) is 19.9 Å². The van der Waals surface area contributed by atoms with Crippen LogP contribution in [0.15, 0.2) is 11.3 Å². The lowest BCUT2D eigenvalue weighted by Crippen LogP contribution is -2.42. The van der Waals surface area contributed by atoms with Gasteiger partial charge >= 0.3 is 0 Å². The summed E-state index contributed by atoms with van der Waals surface area (Å²) in [6.07, 6.45) is 2.75. The van der Waals surface area contributed by atoms with Crippen LogP contribution in [-0.2, 0) is 6.54 Å². The van der Waals surface area contributed by atoms with Crippen LogP contribution in [0.2, 0.25) is 0 Å². The Morgan fingerprint density at radius 2 is 2.09 bits per heavy atom. The van der Waals surface area contributed by atoms with Gasteiger partial charge in [-0.25, -0.2) is 9.98 Å². The Hall–Kier alpha value is -2.26. The van der Waals surface area contributed by atoms with Gasteiger partial charge in [-0.1, -0.05) is 0 Å². The summed E-state index contributed by atoms with van der Waals surface area (Å²) in [7, 11) is 9.83. The summed E-state index contributed by atoms with van der Waals surface area (Å²) >= 11 is 0. The molecule has 0 bridgehead atoms. The molecule has 0 aliphatic rings. The van der Waals surface area contributed by atoms with Crippen molar-refractivity contribution in [2.24, 2.45) is 4.99 Å². The standard InChI is InChI=1S/C14H25N8O/c1-20(2)8-17-12-11-13(19-14(15)18-12)21(9-16-11)6-10(23)7-22(3,4)5/h8-10,23H,6-7H2,1-5H3,(H2,15,18,19)/q+1/b17-8+. The Morgan fingerprint density at radius 1 is 1.39 bits per heavy atom. The van der Waals surface area contributed by atoms with Crippen molar-refractivity contribution >= 4 is 29.3 Å². The molecular weight excluding hydrogens is 296 g/mol. The number of nitrogens with zero attached hydrogens (tertiary/aromatic N) is 7. The molecule has 2 heterocycles. The summed E-state index contributed by atoms with van der Waals surface area (Å²) in [4.78, 5) is 18.8. The number of nitrogen functional groups attached to an aromatic ring is 1. The van der Waals surface area contributed by atoms with E-state index in [4.69, 9.17) is 5.73 Å². The monoisotopic (exact) mass is 321 g/mol. The van der Waals surface area contributed by atoms with Crippen molar-refractivity contribution in [2.75, 3.05) is 47.5 Å². The molecule has 0 radical (unpaired) electrons. The normalized spacial score (nSPS) is 13.8. The number of aliphatic imine (C=N–C) groups is 1. The number of anilines is 1. The zero-order valence-electron chi connectivity index (χ0n) is 14.3. The molecule has 0 aliphatic heterocycles. The van der Waals surface area contributed by atoms with E-state index in [0.717, 1.165) is 0 Å². The van der Waals surface area contributed by atoms with E-state index in [9.17, 15) is 5.11 Å². The molecule has 2 rings (SSSR count). The fourth-order valence-corrected chi connectivity index (χ4v) is 2.26. The molecule has 2 aromatic heterocycles. The Balaban J connectivity index is 2.33. The van der Waals surface area contributed by atoms with Crippen LogP contribution >= 0.6 is 0 Å². The van der Waals surface area contributed by atoms with Crippen LogP contribution in [0.1, 0.15) is 0 Å². The van der Waals surface area contributed by atoms with Gasteiger partial charge in [0.05, 0.1) is 40.4 Å². The first-order valence-corrected chi connectivity index (χ1v) is 7.33. The number of nitrogens with two attached hydrogens (primary N) is 1. The Bertz CT molecular complexity index is 701. The first-order valence-electron chi connectivity index (χ1n) is 7.33. The van der Waals surface area contributed by atoms with E-state index < -0.39 is 6.10 Å². The summed E-state index contributed by atoms with van der Waals surface area (Å²) < 4.78 is 2.45. The summed E-state index contributed by atoms with van der Waals surface area (Å²) in [5.74, 6) is 0.548. The van der Waals surface area contributed by atoms with Crippen molar-refractivity contribution in [1.29, 1.82) is 0 Å². The third-order valence-electron chi connectivity index (χ3n) is 3.04. The zero-order chi connectivity index (χ0) is 17.2. The smallest absolute Gasteiger partial charge is 0.224 e. The molecule has 1 unspecified atom stereocenters. The third kappa shape index (κ3) is 4.60. The van der Waals surface area contributed by atoms with Gasteiger partial charge in [0.2, 0.25) is 5.95 Å². The molecule has 23 heavy (non-hydrogen) atoms. The van der Waals surface area contributed by atoms with E-state index >= 15 is 0 Å². The maximum atomic E-state index is 10.3. The second kappa shape index (κ2) is 6.47. The molecule has 0 saturated heterocycles. The first kappa shape index (κ1) is 17.1. The number of quaternary nitrogens is 1. The van der Waals surface area contributed by atoms with Gasteiger partial charge < -0.3 is 24.8 Å². The van der Waals surface area contributed by atoms with Gasteiger partial charge in [0.25, 0.3) is 0 Å². The summed E-state index contributed by atoms with van der Waals surface area (Å²) in [6, 6.07) is 0. The second-order valence-corrected chi connectivity index (χ2v) is 6.81. The lowest BCUT2D eigenvalue weighted by atomic mass is 10.3. The van der Waals surface area contributed by atoms with Gasteiger partial charge in [-0.2, -0.15) is 9.97 Å². The fraction of sp³-hybridized carbons (Fsp3) is 0.571. The fourth-order valence-electron chi connectivity index (χ4n) is 2.26. The predicted octanol–water partition coefficient (Wildman–Crippen LogP) is -0.303. The highest BCUT2D eigenvalue weighted by molar-refractivity contribution is 5.84. The topological polar surface area (TPSA) is 105 Å². The molecule has 9 nitrogen and oxygen atoms in total. The highest BCUT2D eigenvalue weighted by Gasteiger charge is 2.18. The molecule has 0 amide bonds. The van der Waals surface area contributed by atoms with Crippen molar-refractivity contribution < 1.29 is 9.59 Å². The number of aliphatic hydroxyl groups excluding tert-OH is 1. The number of likely N-dealkylation sites (N-methyl/N-ethyl adjacent to an activating group) is 1. The molecule has 0 spiro atoms. The first-order chi connectivity index (χ1) is 10.7. The molecule has 1 atom stereocenters. The Morgan fingerprint density at radius 3 is 2.70 bits per heavy atom. The lowest BCUT2D eigenvalue weighted by Gasteiger charge is -2.26. The minimum atomic E-state index is -0.516. The van der Waals surface area contributed by atoms with Crippen molar-refractivity contribution in [1.82, 2.24) is 24.4 Å². The van der Waals surface area contributed by atoms with Crippen LogP contribution < -0.4 is 5.73 Å². The van der Waals surface area contributed by atoms with E-state index in [0.29, 0.717) is 34.6 Å². The average Bonchev–Trinajstić information content (AvgIpc) is 2.76. The molecule has 126 valence electrons. The number of rotatable bonds is 6. The van der Waals surface area contributed by atoms with E-state index in [1.54, 1.807) is 22.1 Å². The molecule has 0 saturated carbocycles. The van der Waals surface area contributed by atoms with Crippen LogP contribution in [0.25, 0.3) is 11.2 Å². The summed E-state index contributed by atoms with van der Waals surface area (Å²) in [5, 5.41) is 10.3. The number of aromatic nitrogens is 4.